The molecule has 2 nitrogen and oxygen atoms in total. The molecule has 2 heteroatoms. The lowest BCUT2D eigenvalue weighted by Gasteiger charge is -2.07. The highest BCUT2D eigenvalue weighted by Crippen LogP contribution is 2.31. The summed E-state index contributed by atoms with van der Waals surface area (Å²) in [6.07, 6.45) is 1.13. The fourth-order valence-electron chi connectivity index (χ4n) is 2.15. The van der Waals surface area contributed by atoms with Crippen LogP contribution in [0.4, 0.5) is 0 Å². The van der Waals surface area contributed by atoms with E-state index in [-0.39, 0.29) is 0 Å². The van der Waals surface area contributed by atoms with Gasteiger partial charge in [0.25, 0.3) is 0 Å². The van der Waals surface area contributed by atoms with Crippen molar-refractivity contribution in [1.82, 2.24) is 0 Å². The number of aliphatic hydroxyl groups is 1. The van der Waals surface area contributed by atoms with Gasteiger partial charge in [-0.1, -0.05) is 54.6 Å². The van der Waals surface area contributed by atoms with E-state index in [1.54, 1.807) is 6.08 Å². The van der Waals surface area contributed by atoms with Gasteiger partial charge >= 0.3 is 0 Å². The number of ether oxygens (including phenoxy) is 1. The number of hydrogen-bond donors (Lipinski definition) is 1. The number of aliphatic hydroxyl groups excluding tert-OH is 1. The van der Waals surface area contributed by atoms with Crippen LogP contribution in [0, 0.1) is 0 Å². The number of benzene rings is 2. The highest BCUT2D eigenvalue weighted by atomic mass is 16.5. The Morgan fingerprint density at radius 2 is 1.72 bits per heavy atom. The van der Waals surface area contributed by atoms with Crippen molar-refractivity contribution in [2.45, 2.75) is 12.7 Å². The van der Waals surface area contributed by atoms with E-state index in [4.69, 9.17) is 4.74 Å². The van der Waals surface area contributed by atoms with Gasteiger partial charge in [-0.2, -0.15) is 0 Å². The Balaban J connectivity index is 1.91. The second kappa shape index (κ2) is 4.67. The minimum atomic E-state index is -0.632. The first kappa shape index (κ1) is 11.1. The van der Waals surface area contributed by atoms with Gasteiger partial charge < -0.3 is 9.84 Å². The van der Waals surface area contributed by atoms with Crippen LogP contribution in [0.3, 0.4) is 0 Å². The van der Waals surface area contributed by atoms with Gasteiger partial charge in [0.05, 0.1) is 0 Å². The SMILES string of the molecule is OC(/C=C1/OCc2ccccc21)c1ccccc1. The maximum Gasteiger partial charge on any atom is 0.126 e. The fraction of sp³-hybridized carbons (Fsp3) is 0.125. The van der Waals surface area contributed by atoms with Crippen molar-refractivity contribution < 1.29 is 9.84 Å². The molecule has 0 bridgehead atoms. The first-order valence-corrected chi connectivity index (χ1v) is 6.00. The van der Waals surface area contributed by atoms with Crippen LogP contribution in [0.15, 0.2) is 60.7 Å². The molecular formula is C16H14O2. The Hall–Kier alpha value is -2.06. The van der Waals surface area contributed by atoms with Crippen LogP contribution in [0.1, 0.15) is 22.8 Å². The monoisotopic (exact) mass is 238 g/mol. The van der Waals surface area contributed by atoms with Gasteiger partial charge in [-0.25, -0.2) is 0 Å². The summed E-state index contributed by atoms with van der Waals surface area (Å²) in [6.45, 7) is 0.587. The lowest BCUT2D eigenvalue weighted by molar-refractivity contribution is 0.221. The maximum absolute atomic E-state index is 10.2. The number of hydrogen-bond acceptors (Lipinski definition) is 2. The predicted octanol–water partition coefficient (Wildman–Crippen LogP) is 3.29. The summed E-state index contributed by atoms with van der Waals surface area (Å²) in [7, 11) is 0. The Bertz CT molecular complexity index is 573. The van der Waals surface area contributed by atoms with Crippen molar-refractivity contribution in [3.8, 4) is 0 Å². The topological polar surface area (TPSA) is 29.5 Å². The molecule has 90 valence electrons. The molecule has 0 aliphatic carbocycles. The van der Waals surface area contributed by atoms with Gasteiger partial charge in [-0.3, -0.25) is 0 Å². The first-order valence-electron chi connectivity index (χ1n) is 6.00. The lowest BCUT2D eigenvalue weighted by Crippen LogP contribution is -1.94. The molecule has 2 aromatic carbocycles. The highest BCUT2D eigenvalue weighted by Gasteiger charge is 2.18. The van der Waals surface area contributed by atoms with Crippen LogP contribution >= 0.6 is 0 Å². The van der Waals surface area contributed by atoms with E-state index in [1.165, 1.54) is 5.56 Å². The Kier molecular flexibility index (Phi) is 2.87. The van der Waals surface area contributed by atoms with Gasteiger partial charge in [0, 0.05) is 11.1 Å². The zero-order valence-corrected chi connectivity index (χ0v) is 9.91. The normalized spacial score (nSPS) is 17.3. The molecule has 2 aromatic rings. The highest BCUT2D eigenvalue weighted by molar-refractivity contribution is 5.66. The Morgan fingerprint density at radius 1 is 1.00 bits per heavy atom. The van der Waals surface area contributed by atoms with E-state index in [9.17, 15) is 5.11 Å². The molecule has 0 spiro atoms. The number of rotatable bonds is 2. The molecule has 0 saturated carbocycles. The zero-order chi connectivity index (χ0) is 12.4. The van der Waals surface area contributed by atoms with Gasteiger partial charge in [-0.15, -0.1) is 0 Å². The summed E-state index contributed by atoms with van der Waals surface area (Å²) in [5.74, 6) is 0.766. The van der Waals surface area contributed by atoms with Crippen LogP contribution < -0.4 is 0 Å². The minimum absolute atomic E-state index is 0.587. The molecule has 0 fully saturated rings. The summed E-state index contributed by atoms with van der Waals surface area (Å²) < 4.78 is 5.62. The lowest BCUT2D eigenvalue weighted by atomic mass is 10.1. The fourth-order valence-corrected chi connectivity index (χ4v) is 2.15. The number of fused-ring (bicyclic) bond motifs is 1. The molecule has 1 heterocycles. The molecule has 1 N–H and O–H groups in total. The molecule has 1 atom stereocenters. The van der Waals surface area contributed by atoms with E-state index in [1.807, 2.05) is 54.6 Å². The van der Waals surface area contributed by atoms with Crippen molar-refractivity contribution in [1.29, 1.82) is 0 Å². The molecule has 1 unspecified atom stereocenters. The van der Waals surface area contributed by atoms with E-state index in [0.717, 1.165) is 16.9 Å². The molecule has 0 radical (unpaired) electrons. The van der Waals surface area contributed by atoms with Gasteiger partial charge in [0.15, 0.2) is 0 Å². The van der Waals surface area contributed by atoms with E-state index in [2.05, 4.69) is 0 Å². The Labute approximate surface area is 106 Å². The molecule has 3 rings (SSSR count). The van der Waals surface area contributed by atoms with Crippen LogP contribution in [-0.2, 0) is 11.3 Å². The average Bonchev–Trinajstić information content (AvgIpc) is 2.83. The van der Waals surface area contributed by atoms with Crippen LogP contribution in [0.5, 0.6) is 0 Å². The van der Waals surface area contributed by atoms with E-state index >= 15 is 0 Å². The van der Waals surface area contributed by atoms with Gasteiger partial charge in [-0.05, 0) is 11.6 Å². The Morgan fingerprint density at radius 3 is 2.56 bits per heavy atom. The van der Waals surface area contributed by atoms with E-state index < -0.39 is 6.10 Å². The van der Waals surface area contributed by atoms with Crippen molar-refractivity contribution >= 4 is 5.76 Å². The van der Waals surface area contributed by atoms with Gasteiger partial charge in [0.1, 0.15) is 18.5 Å². The maximum atomic E-state index is 10.2. The molecule has 1 aliphatic rings. The third-order valence-corrected chi connectivity index (χ3v) is 3.12. The zero-order valence-electron chi connectivity index (χ0n) is 9.91. The summed E-state index contributed by atoms with van der Waals surface area (Å²) in [6, 6.07) is 17.6. The quantitative estimate of drug-likeness (QED) is 0.870. The smallest absolute Gasteiger partial charge is 0.126 e. The summed E-state index contributed by atoms with van der Waals surface area (Å²) >= 11 is 0. The van der Waals surface area contributed by atoms with Crippen LogP contribution in [-0.4, -0.2) is 5.11 Å². The van der Waals surface area contributed by atoms with Crippen molar-refractivity contribution in [2.24, 2.45) is 0 Å². The van der Waals surface area contributed by atoms with Crippen molar-refractivity contribution in [2.75, 3.05) is 0 Å². The second-order valence-electron chi connectivity index (χ2n) is 4.33. The molecular weight excluding hydrogens is 224 g/mol. The molecule has 1 aliphatic heterocycles. The summed E-state index contributed by atoms with van der Waals surface area (Å²) in [5, 5.41) is 10.2. The third-order valence-electron chi connectivity index (χ3n) is 3.12. The first-order chi connectivity index (χ1) is 8.84. The van der Waals surface area contributed by atoms with Crippen molar-refractivity contribution in [3.05, 3.63) is 77.4 Å². The standard InChI is InChI=1S/C16H14O2/c17-15(12-6-2-1-3-7-12)10-16-14-9-5-4-8-13(14)11-18-16/h1-10,15,17H,11H2/b16-10+. The van der Waals surface area contributed by atoms with Crippen molar-refractivity contribution in [3.63, 3.8) is 0 Å². The van der Waals surface area contributed by atoms with Crippen LogP contribution in [0.25, 0.3) is 5.76 Å². The molecule has 0 saturated heterocycles. The average molecular weight is 238 g/mol. The molecule has 0 aromatic heterocycles. The third kappa shape index (κ3) is 2.03. The summed E-state index contributed by atoms with van der Waals surface area (Å²) in [5.41, 5.74) is 3.12. The summed E-state index contributed by atoms with van der Waals surface area (Å²) in [4.78, 5) is 0. The molecule has 0 amide bonds. The predicted molar refractivity (Wildman–Crippen MR) is 70.6 cm³/mol. The second-order valence-corrected chi connectivity index (χ2v) is 4.33. The molecule has 18 heavy (non-hydrogen) atoms. The largest absolute Gasteiger partial charge is 0.488 e. The van der Waals surface area contributed by atoms with E-state index in [0.29, 0.717) is 6.61 Å². The van der Waals surface area contributed by atoms with Crippen LogP contribution in [0.2, 0.25) is 0 Å². The minimum Gasteiger partial charge on any atom is -0.488 e. The van der Waals surface area contributed by atoms with Gasteiger partial charge in [0.2, 0.25) is 0 Å².